The minimum Gasteiger partial charge on any atom is -0.543 e. The molecule has 2 aliphatic heterocycles. The lowest BCUT2D eigenvalue weighted by Crippen LogP contribution is -2.71. The van der Waals surface area contributed by atoms with Crippen molar-refractivity contribution in [3.63, 3.8) is 0 Å². The third kappa shape index (κ3) is 4.76. The van der Waals surface area contributed by atoms with Gasteiger partial charge in [0.15, 0.2) is 11.2 Å². The van der Waals surface area contributed by atoms with Gasteiger partial charge in [0.25, 0.3) is 17.6 Å². The zero-order valence-corrected chi connectivity index (χ0v) is 23.0. The highest BCUT2D eigenvalue weighted by Gasteiger charge is 2.53. The average Bonchev–Trinajstić information content (AvgIpc) is 3.65. The van der Waals surface area contributed by atoms with Crippen molar-refractivity contribution in [1.29, 1.82) is 0 Å². The van der Waals surface area contributed by atoms with Crippen LogP contribution < -0.4 is 25.9 Å². The number of carbonyl (C=O) groups is 4. The molecule has 16 nitrogen and oxygen atoms in total. The quantitative estimate of drug-likeness (QED) is 0.0564. The highest BCUT2D eigenvalue weighted by atomic mass is 32.2. The van der Waals surface area contributed by atoms with Gasteiger partial charge in [-0.15, -0.1) is 11.8 Å². The van der Waals surface area contributed by atoms with E-state index in [1.165, 1.54) is 30.2 Å². The zero-order chi connectivity index (χ0) is 28.6. The molecule has 5 heterocycles. The maximum absolute atomic E-state index is 13.1. The lowest BCUT2D eigenvalue weighted by atomic mass is 10.0. The summed E-state index contributed by atoms with van der Waals surface area (Å²) in [6.45, 7) is -0.348. The molecule has 19 heteroatoms. The van der Waals surface area contributed by atoms with Crippen LogP contribution >= 0.6 is 34.6 Å². The fourth-order valence-electron chi connectivity index (χ4n) is 4.51. The number of aliphatic carboxylic acids is 1. The van der Waals surface area contributed by atoms with E-state index in [0.29, 0.717) is 17.8 Å². The molecule has 2 aliphatic rings. The zero-order valence-electron chi connectivity index (χ0n) is 20.5. The Morgan fingerprint density at radius 1 is 1.48 bits per heavy atom. The number of aromatic nitrogens is 4. The molecule has 0 bridgehead atoms. The summed E-state index contributed by atoms with van der Waals surface area (Å²) in [7, 11) is 1.23. The first-order chi connectivity index (χ1) is 19.3. The first kappa shape index (κ1) is 27.5. The maximum Gasteiger partial charge on any atom is 0.288 e. The predicted octanol–water partition coefficient (Wildman–Crippen LogP) is -3.04. The maximum atomic E-state index is 13.1. The lowest BCUT2D eigenvalue weighted by molar-refractivity contribution is -0.521. The highest BCUT2D eigenvalue weighted by Crippen LogP contribution is 2.40. The summed E-state index contributed by atoms with van der Waals surface area (Å²) in [5.74, 6) is -2.35. The standard InChI is InChI=1S/C21H21N9O7S3/c1-37-26-12(15-25-21(22)40-27-15)16(33)24-13-18(34)30-14(20(35)36)9(7-39-19(13)30)4-28-5-11-29(2-3-38-11)17(28)10(6-31)23-8-32/h2-3,5,8,10,13,19,31H,4,6-7H2,1H3,(H4-,22,23,24,25,27,32,33,35,36)/b26-12-/t10-,13+,19+/m0/s1. The van der Waals surface area contributed by atoms with Crippen LogP contribution in [0.15, 0.2) is 34.2 Å². The molecule has 0 radical (unpaired) electrons. The van der Waals surface area contributed by atoms with Crippen LogP contribution in [0.5, 0.6) is 0 Å². The van der Waals surface area contributed by atoms with Crippen molar-refractivity contribution in [1.82, 2.24) is 29.5 Å². The second-order valence-corrected chi connectivity index (χ2v) is 11.2. The number of oxime groups is 1. The molecule has 1 fully saturated rings. The van der Waals surface area contributed by atoms with Gasteiger partial charge in [-0.05, 0) is 0 Å². The van der Waals surface area contributed by atoms with E-state index in [1.54, 1.807) is 21.4 Å². The number of imidazole rings is 1. The van der Waals surface area contributed by atoms with Gasteiger partial charge in [0.05, 0.1) is 18.3 Å². The van der Waals surface area contributed by atoms with Gasteiger partial charge in [-0.3, -0.25) is 19.3 Å². The van der Waals surface area contributed by atoms with Crippen molar-refractivity contribution in [2.45, 2.75) is 24.0 Å². The number of hydrogen-bond acceptors (Lipinski definition) is 14. The van der Waals surface area contributed by atoms with Gasteiger partial charge < -0.3 is 36.2 Å². The topological polar surface area (TPSA) is 221 Å². The van der Waals surface area contributed by atoms with E-state index in [-0.39, 0.29) is 34.7 Å². The number of aliphatic hydroxyl groups excluding tert-OH is 1. The number of carboxylic acid groups (broad SMARTS) is 1. The summed E-state index contributed by atoms with van der Waals surface area (Å²) in [4.78, 5) is 60.0. The molecule has 210 valence electrons. The number of carboxylic acids is 1. The van der Waals surface area contributed by atoms with Gasteiger partial charge in [-0.25, -0.2) is 4.57 Å². The van der Waals surface area contributed by atoms with Gasteiger partial charge >= 0.3 is 0 Å². The number of rotatable bonds is 11. The van der Waals surface area contributed by atoms with E-state index >= 15 is 0 Å². The van der Waals surface area contributed by atoms with E-state index in [1.807, 2.05) is 5.38 Å². The predicted molar refractivity (Wildman–Crippen MR) is 139 cm³/mol. The van der Waals surface area contributed by atoms with Gasteiger partial charge in [-0.1, -0.05) is 16.5 Å². The van der Waals surface area contributed by atoms with Crippen LogP contribution in [-0.2, 0) is 30.6 Å². The van der Waals surface area contributed by atoms with Gasteiger partial charge in [0.2, 0.25) is 22.8 Å². The lowest BCUT2D eigenvalue weighted by Gasteiger charge is -2.50. The molecule has 3 aromatic rings. The fourth-order valence-corrected chi connectivity index (χ4v) is 7.06. The molecule has 0 spiro atoms. The van der Waals surface area contributed by atoms with E-state index in [9.17, 15) is 29.4 Å². The second-order valence-electron chi connectivity index (χ2n) is 8.43. The van der Waals surface area contributed by atoms with Gasteiger partial charge in [0, 0.05) is 28.2 Å². The van der Waals surface area contributed by atoms with Gasteiger partial charge in [0.1, 0.15) is 37.5 Å². The molecule has 5 rings (SSSR count). The Morgan fingerprint density at radius 2 is 2.27 bits per heavy atom. The smallest absolute Gasteiger partial charge is 0.288 e. The summed E-state index contributed by atoms with van der Waals surface area (Å²) in [5.41, 5.74) is 5.39. The van der Waals surface area contributed by atoms with Crippen LogP contribution in [0.2, 0.25) is 0 Å². The van der Waals surface area contributed by atoms with Crippen molar-refractivity contribution in [2.24, 2.45) is 5.16 Å². The number of thioether (sulfide) groups is 1. The molecule has 5 N–H and O–H groups in total. The number of nitrogens with one attached hydrogen (secondary N) is 2. The molecule has 3 amide bonds. The molecule has 0 saturated carbocycles. The van der Waals surface area contributed by atoms with Crippen LogP contribution in [0, 0.1) is 0 Å². The van der Waals surface area contributed by atoms with Crippen LogP contribution in [0.3, 0.4) is 0 Å². The SMILES string of the molecule is CO/N=C(\C(=O)N[C@@H]1C(=O)N2C(C(=O)[O-])=C(Cn3cc4scc[n+]4c3[C@H](CO)NC=O)CS[C@H]12)c1nsc(N)n1. The first-order valence-corrected chi connectivity index (χ1v) is 14.2. The van der Waals surface area contributed by atoms with Crippen molar-refractivity contribution in [2.75, 3.05) is 25.2 Å². The largest absolute Gasteiger partial charge is 0.543 e. The number of nitrogen functional groups attached to an aromatic ring is 1. The number of nitrogens with two attached hydrogens (primary N) is 1. The summed E-state index contributed by atoms with van der Waals surface area (Å²) in [6.07, 6.45) is 4.01. The molecule has 40 heavy (non-hydrogen) atoms. The minimum absolute atomic E-state index is 0.0478. The van der Waals surface area contributed by atoms with Crippen molar-refractivity contribution < 1.29 is 38.6 Å². The number of fused-ring (bicyclic) bond motifs is 2. The molecule has 0 aliphatic carbocycles. The third-order valence-electron chi connectivity index (χ3n) is 6.15. The van der Waals surface area contributed by atoms with E-state index < -0.39 is 41.8 Å². The van der Waals surface area contributed by atoms with Crippen molar-refractivity contribution in [3.8, 4) is 0 Å². The fraction of sp³-hybridized carbons (Fsp3) is 0.333. The Labute approximate surface area is 237 Å². The van der Waals surface area contributed by atoms with Crippen LogP contribution in [0.4, 0.5) is 5.13 Å². The Hall–Kier alpha value is -4.07. The normalized spacial score (nSPS) is 19.7. The summed E-state index contributed by atoms with van der Waals surface area (Å²) >= 11 is 3.53. The summed E-state index contributed by atoms with van der Waals surface area (Å²) < 4.78 is 7.44. The Kier molecular flexibility index (Phi) is 7.70. The molecular formula is C21H21N9O7S3. The van der Waals surface area contributed by atoms with Crippen LogP contribution in [0.25, 0.3) is 4.83 Å². The third-order valence-corrected chi connectivity index (χ3v) is 8.83. The number of aliphatic hydroxyl groups is 1. The number of thiazole rings is 1. The monoisotopic (exact) mass is 607 g/mol. The molecule has 0 aromatic carbocycles. The summed E-state index contributed by atoms with van der Waals surface area (Å²) in [5, 5.41) is 32.1. The Bertz CT molecular complexity index is 1560. The Morgan fingerprint density at radius 3 is 2.92 bits per heavy atom. The number of nitrogens with zero attached hydrogens (tertiary/aromatic N) is 6. The number of amides is 3. The minimum atomic E-state index is -1.55. The molecule has 1 saturated heterocycles. The van der Waals surface area contributed by atoms with Crippen molar-refractivity contribution >= 4 is 74.5 Å². The second kappa shape index (κ2) is 11.2. The van der Waals surface area contributed by atoms with Gasteiger partial charge in [-0.2, -0.15) is 13.8 Å². The number of anilines is 1. The molecule has 3 aromatic heterocycles. The van der Waals surface area contributed by atoms with E-state index in [0.717, 1.165) is 21.3 Å². The van der Waals surface area contributed by atoms with E-state index in [4.69, 9.17) is 10.6 Å². The Balaban J connectivity index is 1.40. The first-order valence-electron chi connectivity index (χ1n) is 11.5. The van der Waals surface area contributed by atoms with E-state index in [2.05, 4.69) is 25.1 Å². The van der Waals surface area contributed by atoms with Crippen molar-refractivity contribution in [3.05, 3.63) is 40.7 Å². The average molecular weight is 608 g/mol. The van der Waals surface area contributed by atoms with Crippen LogP contribution in [-0.4, -0.2) is 84.7 Å². The highest BCUT2D eigenvalue weighted by molar-refractivity contribution is 8.00. The number of hydrogen-bond donors (Lipinski definition) is 4. The number of β-lactam (4-membered cyclic amide) rings is 1. The summed E-state index contributed by atoms with van der Waals surface area (Å²) in [6, 6.07) is -1.81. The molecule has 3 atom stereocenters. The molecule has 0 unspecified atom stereocenters. The van der Waals surface area contributed by atoms with Crippen LogP contribution in [0.1, 0.15) is 17.7 Å². The number of carbonyl (C=O) groups excluding carboxylic acids is 4. The molecular weight excluding hydrogens is 586 g/mol.